The molecule has 3 aromatic heterocycles. The quantitative estimate of drug-likeness (QED) is 0.335. The van der Waals surface area contributed by atoms with Crippen molar-refractivity contribution in [1.82, 2.24) is 14.1 Å². The monoisotopic (exact) mass is 335 g/mol. The third kappa shape index (κ3) is 1.60. The van der Waals surface area contributed by atoms with Crippen molar-refractivity contribution in [1.29, 1.82) is 0 Å². The van der Waals surface area contributed by atoms with E-state index in [0.29, 0.717) is 0 Å². The summed E-state index contributed by atoms with van der Waals surface area (Å²) >= 11 is 0. The number of pyridine rings is 1. The maximum atomic E-state index is 4.70. The maximum Gasteiger partial charge on any atom is 0.0802 e. The van der Waals surface area contributed by atoms with E-state index in [1.54, 1.807) is 0 Å². The van der Waals surface area contributed by atoms with E-state index in [-0.39, 0.29) is 0 Å². The second kappa shape index (κ2) is 4.64. The predicted octanol–water partition coefficient (Wildman–Crippen LogP) is 5.52. The topological polar surface area (TPSA) is 22.8 Å². The van der Waals surface area contributed by atoms with Crippen LogP contribution in [0.1, 0.15) is 0 Å². The molecule has 0 N–H and O–H groups in total. The molecule has 0 unspecified atom stereocenters. The van der Waals surface area contributed by atoms with Gasteiger partial charge in [0.15, 0.2) is 0 Å². The molecule has 3 heteroatoms. The summed E-state index contributed by atoms with van der Waals surface area (Å²) in [5, 5.41) is 8.88. The number of nitrogens with zero attached hydrogens (tertiary/aromatic N) is 3. The number of fused-ring (bicyclic) bond motifs is 9. The molecule has 3 heterocycles. The van der Waals surface area contributed by atoms with Crippen LogP contribution in [-0.4, -0.2) is 14.1 Å². The van der Waals surface area contributed by atoms with Gasteiger partial charge in [0, 0.05) is 70.7 Å². The van der Waals surface area contributed by atoms with Gasteiger partial charge in [-0.15, -0.1) is 0 Å². The van der Waals surface area contributed by atoms with Crippen molar-refractivity contribution in [2.45, 2.75) is 0 Å². The Kier molecular flexibility index (Phi) is 2.48. The Morgan fingerprint density at radius 3 is 2.35 bits per heavy atom. The number of aryl methyl sites for hydroxylation is 2. The van der Waals surface area contributed by atoms with Crippen molar-refractivity contribution in [3.8, 4) is 0 Å². The normalized spacial score (nSPS) is 12.2. The molecule has 0 amide bonds. The van der Waals surface area contributed by atoms with Crippen LogP contribution in [0.3, 0.4) is 0 Å². The number of benzene rings is 3. The zero-order chi connectivity index (χ0) is 17.4. The van der Waals surface area contributed by atoms with E-state index in [1.807, 2.05) is 12.3 Å². The summed E-state index contributed by atoms with van der Waals surface area (Å²) in [6.07, 6.45) is 6.27. The minimum Gasteiger partial charge on any atom is -0.356 e. The summed E-state index contributed by atoms with van der Waals surface area (Å²) in [6.45, 7) is 0. The van der Waals surface area contributed by atoms with Gasteiger partial charge in [-0.3, -0.25) is 4.98 Å². The summed E-state index contributed by atoms with van der Waals surface area (Å²) in [5.74, 6) is 0. The minimum absolute atomic E-state index is 1.08. The molecule has 0 fully saturated rings. The zero-order valence-corrected chi connectivity index (χ0v) is 14.7. The molecular formula is C23H17N3. The van der Waals surface area contributed by atoms with Gasteiger partial charge in [-0.05, 0) is 35.0 Å². The SMILES string of the molecule is Cn1cc2c3cc4c5ccccc5n(C)c4cc3c3cccnc3c2c1. The average Bonchev–Trinajstić information content (AvgIpc) is 3.20. The van der Waals surface area contributed by atoms with Gasteiger partial charge in [-0.25, -0.2) is 0 Å². The Bertz CT molecular complexity index is 1500. The van der Waals surface area contributed by atoms with Crippen LogP contribution >= 0.6 is 0 Å². The Morgan fingerprint density at radius 1 is 0.654 bits per heavy atom. The summed E-state index contributed by atoms with van der Waals surface area (Å²) in [7, 11) is 4.23. The fourth-order valence-corrected chi connectivity index (χ4v) is 4.48. The maximum absolute atomic E-state index is 4.70. The molecular weight excluding hydrogens is 318 g/mol. The molecule has 0 saturated carbocycles. The van der Waals surface area contributed by atoms with Gasteiger partial charge in [0.25, 0.3) is 0 Å². The van der Waals surface area contributed by atoms with Gasteiger partial charge in [-0.2, -0.15) is 0 Å². The summed E-state index contributed by atoms with van der Waals surface area (Å²) in [5.41, 5.74) is 3.61. The summed E-state index contributed by atoms with van der Waals surface area (Å²) in [6, 6.07) is 17.5. The summed E-state index contributed by atoms with van der Waals surface area (Å²) < 4.78 is 4.42. The van der Waals surface area contributed by atoms with E-state index in [2.05, 4.69) is 78.1 Å². The van der Waals surface area contributed by atoms with E-state index in [1.165, 1.54) is 48.7 Å². The van der Waals surface area contributed by atoms with Crippen LogP contribution in [0.25, 0.3) is 54.3 Å². The Morgan fingerprint density at radius 2 is 1.42 bits per heavy atom. The van der Waals surface area contributed by atoms with Gasteiger partial charge >= 0.3 is 0 Å². The average molecular weight is 335 g/mol. The molecule has 3 aromatic carbocycles. The highest BCUT2D eigenvalue weighted by Gasteiger charge is 2.15. The standard InChI is InChI=1S/C23H17N3/c1-25-12-19-16-10-18-14-6-3-4-8-21(14)26(2)22(18)11-17(16)15-7-5-9-24-23(15)20(19)13-25/h3-13H,1-2H3. The molecule has 0 radical (unpaired) electrons. The lowest BCUT2D eigenvalue weighted by molar-refractivity contribution is 0.934. The van der Waals surface area contributed by atoms with Gasteiger partial charge in [0.05, 0.1) is 5.52 Å². The first-order valence-corrected chi connectivity index (χ1v) is 8.85. The molecule has 6 aromatic rings. The van der Waals surface area contributed by atoms with E-state index < -0.39 is 0 Å². The molecule has 124 valence electrons. The minimum atomic E-state index is 1.08. The van der Waals surface area contributed by atoms with Crippen LogP contribution in [0.5, 0.6) is 0 Å². The molecule has 0 aliphatic rings. The lowest BCUT2D eigenvalue weighted by Crippen LogP contribution is -1.87. The second-order valence-electron chi connectivity index (χ2n) is 7.14. The van der Waals surface area contributed by atoms with Crippen LogP contribution < -0.4 is 0 Å². The first-order valence-electron chi connectivity index (χ1n) is 8.85. The molecule has 0 atom stereocenters. The Labute approximate surface area is 150 Å². The van der Waals surface area contributed by atoms with Crippen LogP contribution in [0, 0.1) is 0 Å². The van der Waals surface area contributed by atoms with Crippen LogP contribution in [0.15, 0.2) is 67.1 Å². The van der Waals surface area contributed by atoms with E-state index in [9.17, 15) is 0 Å². The Hall–Kier alpha value is -3.33. The molecule has 0 bridgehead atoms. The van der Waals surface area contributed by atoms with E-state index >= 15 is 0 Å². The third-order valence-electron chi connectivity index (χ3n) is 5.65. The van der Waals surface area contributed by atoms with Crippen molar-refractivity contribution in [2.75, 3.05) is 0 Å². The first kappa shape index (κ1) is 13.9. The van der Waals surface area contributed by atoms with Gasteiger partial charge in [-0.1, -0.05) is 24.3 Å². The zero-order valence-electron chi connectivity index (χ0n) is 14.7. The van der Waals surface area contributed by atoms with Crippen molar-refractivity contribution >= 4 is 54.3 Å². The first-order chi connectivity index (χ1) is 12.7. The van der Waals surface area contributed by atoms with Crippen molar-refractivity contribution < 1.29 is 0 Å². The van der Waals surface area contributed by atoms with Crippen LogP contribution in [0.2, 0.25) is 0 Å². The number of rotatable bonds is 0. The lowest BCUT2D eigenvalue weighted by atomic mass is 9.98. The molecule has 0 aliphatic heterocycles. The third-order valence-corrected chi connectivity index (χ3v) is 5.65. The lowest BCUT2D eigenvalue weighted by Gasteiger charge is -2.07. The van der Waals surface area contributed by atoms with E-state index in [4.69, 9.17) is 4.98 Å². The van der Waals surface area contributed by atoms with Gasteiger partial charge in [0.2, 0.25) is 0 Å². The predicted molar refractivity (Wildman–Crippen MR) is 110 cm³/mol. The fourth-order valence-electron chi connectivity index (χ4n) is 4.48. The number of aromatic nitrogens is 3. The van der Waals surface area contributed by atoms with E-state index in [0.717, 1.165) is 5.52 Å². The molecule has 0 spiro atoms. The van der Waals surface area contributed by atoms with Crippen molar-refractivity contribution in [3.63, 3.8) is 0 Å². The number of hydrogen-bond donors (Lipinski definition) is 0. The smallest absolute Gasteiger partial charge is 0.0802 e. The second-order valence-corrected chi connectivity index (χ2v) is 7.14. The van der Waals surface area contributed by atoms with Crippen molar-refractivity contribution in [3.05, 3.63) is 67.1 Å². The summed E-state index contributed by atoms with van der Waals surface area (Å²) in [4.78, 5) is 4.70. The van der Waals surface area contributed by atoms with Gasteiger partial charge < -0.3 is 9.13 Å². The van der Waals surface area contributed by atoms with Gasteiger partial charge in [0.1, 0.15) is 0 Å². The highest BCUT2D eigenvalue weighted by atomic mass is 14.9. The fraction of sp³-hybridized carbons (Fsp3) is 0.0870. The molecule has 6 rings (SSSR count). The van der Waals surface area contributed by atoms with Crippen molar-refractivity contribution in [2.24, 2.45) is 14.1 Å². The molecule has 0 saturated heterocycles. The van der Waals surface area contributed by atoms with Crippen LogP contribution in [0.4, 0.5) is 0 Å². The largest absolute Gasteiger partial charge is 0.356 e. The number of hydrogen-bond acceptors (Lipinski definition) is 1. The molecule has 26 heavy (non-hydrogen) atoms. The van der Waals surface area contributed by atoms with Crippen LogP contribution in [-0.2, 0) is 14.1 Å². The Balaban J connectivity index is 1.97. The molecule has 3 nitrogen and oxygen atoms in total. The highest BCUT2D eigenvalue weighted by molar-refractivity contribution is 6.27. The molecule has 0 aliphatic carbocycles. The number of para-hydroxylation sites is 1. The highest BCUT2D eigenvalue weighted by Crippen LogP contribution is 2.39.